The van der Waals surface area contributed by atoms with E-state index in [0.29, 0.717) is 0 Å². The van der Waals surface area contributed by atoms with Crippen LogP contribution in [0.5, 0.6) is 0 Å². The molecule has 0 radical (unpaired) electrons. The molecule has 0 amide bonds. The third kappa shape index (κ3) is 126. The zero-order chi connectivity index (χ0) is 26.6. The lowest BCUT2D eigenvalue weighted by Gasteiger charge is -1.90. The summed E-state index contributed by atoms with van der Waals surface area (Å²) in [6.07, 6.45) is -2.80. The first-order chi connectivity index (χ1) is 14.0. The van der Waals surface area contributed by atoms with E-state index in [-0.39, 0.29) is 38.6 Å². The van der Waals surface area contributed by atoms with E-state index in [2.05, 4.69) is 6.58 Å². The van der Waals surface area contributed by atoms with Crippen LogP contribution in [0.2, 0.25) is 0 Å². The van der Waals surface area contributed by atoms with Crippen LogP contribution in [0.1, 0.15) is 41.5 Å². The Morgan fingerprint density at radius 2 is 0.645 bits per heavy atom. The van der Waals surface area contributed by atoms with Crippen molar-refractivity contribution >= 4 is 5.97 Å². The minimum absolute atomic E-state index is 0.139. The molecule has 5 unspecified atom stereocenters. The topological polar surface area (TPSA) is 240 Å². The highest BCUT2D eigenvalue weighted by atomic mass is 16.4. The van der Waals surface area contributed by atoms with Gasteiger partial charge in [0, 0.05) is 5.57 Å². The van der Waals surface area contributed by atoms with Gasteiger partial charge in [0.1, 0.15) is 0 Å². The third-order valence-electron chi connectivity index (χ3n) is 1.69. The molecule has 5 atom stereocenters. The van der Waals surface area contributed by atoms with Crippen LogP contribution in [-0.4, -0.2) is 126 Å². The number of aliphatic hydroxyl groups excluding tert-OH is 10. The highest BCUT2D eigenvalue weighted by Gasteiger charge is 1.90. The minimum Gasteiger partial charge on any atom is -0.478 e. The first-order valence-electron chi connectivity index (χ1n) is 9.33. The molecule has 31 heavy (non-hydrogen) atoms. The van der Waals surface area contributed by atoms with Crippen molar-refractivity contribution in [3.8, 4) is 0 Å². The summed E-state index contributed by atoms with van der Waals surface area (Å²) in [6.45, 7) is 11.5. The molecule has 12 heteroatoms. The van der Waals surface area contributed by atoms with Gasteiger partial charge in [0.15, 0.2) is 0 Å². The van der Waals surface area contributed by atoms with E-state index >= 15 is 0 Å². The lowest BCUT2D eigenvalue weighted by Crippen LogP contribution is -2.03. The zero-order valence-corrected chi connectivity index (χ0v) is 19.5. The fraction of sp³-hybridized carbons (Fsp3) is 0.842. The van der Waals surface area contributed by atoms with Gasteiger partial charge < -0.3 is 56.2 Å². The Kier molecular flexibility index (Phi) is 51.0. The third-order valence-corrected chi connectivity index (χ3v) is 1.69. The van der Waals surface area contributed by atoms with Crippen LogP contribution < -0.4 is 0 Å². The fourth-order valence-electron chi connectivity index (χ4n) is 0. The molecule has 0 fully saturated rings. The summed E-state index contributed by atoms with van der Waals surface area (Å²) in [5, 5.41) is 87.9. The normalized spacial score (nSPS) is 13.5. The molecule has 0 aliphatic carbocycles. The number of aliphatic hydroxyl groups is 10. The Labute approximate surface area is 185 Å². The number of carbonyl (C=O) groups is 1. The predicted molar refractivity (Wildman–Crippen MR) is 116 cm³/mol. The smallest absolute Gasteiger partial charge is 0.330 e. The molecule has 0 saturated heterocycles. The molecule has 194 valence electrons. The lowest BCUT2D eigenvalue weighted by atomic mass is 10.4. The largest absolute Gasteiger partial charge is 0.478 e. The zero-order valence-electron chi connectivity index (χ0n) is 19.5. The first kappa shape index (κ1) is 43.6. The monoisotopic (exact) mass is 466 g/mol. The molecular formula is C19H46O12. The standard InChI is InChI=1S/C4H6O2.5C3H8O2/c1-3(2)4(5)6;5*1-3(5)2-4/h1H2,2H3,(H,5,6);5*3-5H,2H2,1H3. The van der Waals surface area contributed by atoms with Crippen molar-refractivity contribution in [2.45, 2.75) is 72.1 Å². The van der Waals surface area contributed by atoms with Crippen molar-refractivity contribution in [1.29, 1.82) is 0 Å². The summed E-state index contributed by atoms with van der Waals surface area (Å²) in [5.41, 5.74) is 0.176. The average molecular weight is 467 g/mol. The molecule has 0 aromatic heterocycles. The summed E-state index contributed by atoms with van der Waals surface area (Å²) < 4.78 is 0. The second-order valence-electron chi connectivity index (χ2n) is 6.24. The summed E-state index contributed by atoms with van der Waals surface area (Å²) in [7, 11) is 0. The molecule has 0 spiro atoms. The van der Waals surface area contributed by atoms with Crippen LogP contribution in [0, 0.1) is 0 Å². The van der Waals surface area contributed by atoms with Gasteiger partial charge in [0.05, 0.1) is 63.6 Å². The van der Waals surface area contributed by atoms with Gasteiger partial charge >= 0.3 is 5.97 Å². The van der Waals surface area contributed by atoms with Gasteiger partial charge in [-0.1, -0.05) is 6.58 Å². The molecule has 12 nitrogen and oxygen atoms in total. The van der Waals surface area contributed by atoms with Crippen molar-refractivity contribution in [2.75, 3.05) is 33.0 Å². The van der Waals surface area contributed by atoms with Crippen LogP contribution in [0.25, 0.3) is 0 Å². The Bertz CT molecular complexity index is 273. The van der Waals surface area contributed by atoms with E-state index in [9.17, 15) is 4.79 Å². The summed E-state index contributed by atoms with van der Waals surface area (Å²) in [5.74, 6) is -0.935. The molecule has 0 aromatic carbocycles. The van der Waals surface area contributed by atoms with Gasteiger partial charge in [-0.2, -0.15) is 0 Å². The summed E-state index contributed by atoms with van der Waals surface area (Å²) in [4.78, 5) is 9.60. The Morgan fingerprint density at radius 1 is 0.581 bits per heavy atom. The molecule has 0 aliphatic rings. The van der Waals surface area contributed by atoms with E-state index in [1.165, 1.54) is 41.5 Å². The van der Waals surface area contributed by atoms with Gasteiger partial charge in [-0.05, 0) is 41.5 Å². The van der Waals surface area contributed by atoms with Crippen LogP contribution in [0.3, 0.4) is 0 Å². The first-order valence-corrected chi connectivity index (χ1v) is 9.33. The van der Waals surface area contributed by atoms with Gasteiger partial charge in [-0.15, -0.1) is 0 Å². The number of hydrogen-bond donors (Lipinski definition) is 11. The van der Waals surface area contributed by atoms with Crippen LogP contribution in [0.15, 0.2) is 12.2 Å². The van der Waals surface area contributed by atoms with Crippen molar-refractivity contribution in [2.24, 2.45) is 0 Å². The minimum atomic E-state index is -0.935. The van der Waals surface area contributed by atoms with Gasteiger partial charge in [0.2, 0.25) is 0 Å². The van der Waals surface area contributed by atoms with E-state index in [1.807, 2.05) is 0 Å². The average Bonchev–Trinajstić information content (AvgIpc) is 2.69. The molecule has 0 bridgehead atoms. The number of carboxylic acid groups (broad SMARTS) is 1. The number of aliphatic carboxylic acids is 1. The maximum atomic E-state index is 9.60. The maximum Gasteiger partial charge on any atom is 0.330 e. The number of carboxylic acids is 1. The Morgan fingerprint density at radius 3 is 0.645 bits per heavy atom. The highest BCUT2D eigenvalue weighted by molar-refractivity contribution is 5.84. The van der Waals surface area contributed by atoms with Crippen molar-refractivity contribution in [1.82, 2.24) is 0 Å². The molecule has 0 rings (SSSR count). The Balaban J connectivity index is -0.0000000606. The van der Waals surface area contributed by atoms with E-state index < -0.39 is 36.5 Å². The fourth-order valence-corrected chi connectivity index (χ4v) is 0. The molecule has 0 aliphatic heterocycles. The van der Waals surface area contributed by atoms with Crippen molar-refractivity contribution in [3.05, 3.63) is 12.2 Å². The lowest BCUT2D eigenvalue weighted by molar-refractivity contribution is -0.132. The predicted octanol–water partition coefficient (Wildman–Crippen LogP) is -2.56. The van der Waals surface area contributed by atoms with Crippen LogP contribution >= 0.6 is 0 Å². The summed E-state index contributed by atoms with van der Waals surface area (Å²) in [6, 6.07) is 0. The maximum absolute atomic E-state index is 9.60. The number of rotatable bonds is 6. The van der Waals surface area contributed by atoms with Crippen molar-refractivity contribution < 1.29 is 61.0 Å². The highest BCUT2D eigenvalue weighted by Crippen LogP contribution is 1.81. The van der Waals surface area contributed by atoms with E-state index in [1.54, 1.807) is 0 Å². The Hall–Kier alpha value is -1.19. The molecule has 0 aromatic rings. The SMILES string of the molecule is C=C(C)C(=O)O.CC(O)CO.CC(O)CO.CC(O)CO.CC(O)CO.CC(O)CO. The second kappa shape index (κ2) is 36.2. The van der Waals surface area contributed by atoms with Crippen LogP contribution in [0.4, 0.5) is 0 Å². The van der Waals surface area contributed by atoms with Gasteiger partial charge in [-0.3, -0.25) is 0 Å². The molecule has 0 heterocycles. The van der Waals surface area contributed by atoms with E-state index in [0.717, 1.165) is 0 Å². The van der Waals surface area contributed by atoms with Gasteiger partial charge in [-0.25, -0.2) is 4.79 Å². The van der Waals surface area contributed by atoms with Gasteiger partial charge in [0.25, 0.3) is 0 Å². The number of hydrogen-bond acceptors (Lipinski definition) is 11. The molecular weight excluding hydrogens is 420 g/mol. The molecule has 11 N–H and O–H groups in total. The second-order valence-corrected chi connectivity index (χ2v) is 6.24. The van der Waals surface area contributed by atoms with Crippen LogP contribution in [-0.2, 0) is 4.79 Å². The molecule has 0 saturated carbocycles. The quantitative estimate of drug-likeness (QED) is 0.181. The van der Waals surface area contributed by atoms with E-state index in [4.69, 9.17) is 56.2 Å². The summed E-state index contributed by atoms with van der Waals surface area (Å²) >= 11 is 0. The van der Waals surface area contributed by atoms with Crippen molar-refractivity contribution in [3.63, 3.8) is 0 Å².